The van der Waals surface area contributed by atoms with Crippen LogP contribution in [0.25, 0.3) is 0 Å². The van der Waals surface area contributed by atoms with Gasteiger partial charge in [-0.2, -0.15) is 0 Å². The molecule has 0 aromatic heterocycles. The summed E-state index contributed by atoms with van der Waals surface area (Å²) in [5.41, 5.74) is 1.16. The molecule has 0 aliphatic heterocycles. The van der Waals surface area contributed by atoms with Gasteiger partial charge in [0.05, 0.1) is 7.11 Å². The molecule has 3 nitrogen and oxygen atoms in total. The van der Waals surface area contributed by atoms with Crippen LogP contribution < -0.4 is 14.8 Å². The van der Waals surface area contributed by atoms with Gasteiger partial charge in [-0.05, 0) is 31.2 Å². The fourth-order valence-electron chi connectivity index (χ4n) is 1.62. The molecule has 0 saturated heterocycles. The number of methoxy groups -OCH3 is 1. The molecule has 3 heteroatoms. The van der Waals surface area contributed by atoms with E-state index in [0.29, 0.717) is 11.5 Å². The Morgan fingerprint density at radius 1 is 1.41 bits per heavy atom. The maximum Gasteiger partial charge on any atom is 0.162 e. The number of rotatable bonds is 6. The number of hydrogen-bond acceptors (Lipinski definition) is 3. The second kappa shape index (κ2) is 6.82. The standard InChI is InChI=1S/C14H19NO2/c1-5-9-17-13-8-7-12(10-14(13)16-4)11(3)15-6-2/h1,7-8,10-11,15H,6,9H2,2-4H3. The van der Waals surface area contributed by atoms with E-state index in [1.165, 1.54) is 0 Å². The second-order valence-corrected chi connectivity index (χ2v) is 3.68. The maximum atomic E-state index is 5.39. The zero-order valence-electron chi connectivity index (χ0n) is 10.6. The Hall–Kier alpha value is -1.66. The summed E-state index contributed by atoms with van der Waals surface area (Å²) in [6, 6.07) is 6.16. The summed E-state index contributed by atoms with van der Waals surface area (Å²) < 4.78 is 10.7. The molecular weight excluding hydrogens is 214 g/mol. The summed E-state index contributed by atoms with van der Waals surface area (Å²) in [5.74, 6) is 3.82. The molecule has 1 rings (SSSR count). The minimum Gasteiger partial charge on any atom is -0.493 e. The highest BCUT2D eigenvalue weighted by molar-refractivity contribution is 5.43. The van der Waals surface area contributed by atoms with Crippen LogP contribution in [0.4, 0.5) is 0 Å². The van der Waals surface area contributed by atoms with E-state index >= 15 is 0 Å². The molecule has 1 unspecified atom stereocenters. The van der Waals surface area contributed by atoms with Crippen molar-refractivity contribution < 1.29 is 9.47 Å². The van der Waals surface area contributed by atoms with Crippen molar-refractivity contribution in [3.8, 4) is 23.8 Å². The Morgan fingerprint density at radius 3 is 2.76 bits per heavy atom. The molecule has 0 radical (unpaired) electrons. The predicted molar refractivity (Wildman–Crippen MR) is 69.4 cm³/mol. The molecule has 92 valence electrons. The second-order valence-electron chi connectivity index (χ2n) is 3.68. The highest BCUT2D eigenvalue weighted by Gasteiger charge is 2.09. The molecule has 0 saturated carbocycles. The normalized spacial score (nSPS) is 11.6. The van der Waals surface area contributed by atoms with Crippen LogP contribution in [-0.4, -0.2) is 20.3 Å². The zero-order valence-corrected chi connectivity index (χ0v) is 10.6. The molecule has 17 heavy (non-hydrogen) atoms. The summed E-state index contributed by atoms with van der Waals surface area (Å²) in [5, 5.41) is 3.35. The number of terminal acetylenes is 1. The van der Waals surface area contributed by atoms with E-state index in [-0.39, 0.29) is 12.6 Å². The van der Waals surface area contributed by atoms with E-state index in [9.17, 15) is 0 Å². The Morgan fingerprint density at radius 2 is 2.18 bits per heavy atom. The lowest BCUT2D eigenvalue weighted by Crippen LogP contribution is -2.17. The summed E-state index contributed by atoms with van der Waals surface area (Å²) in [6.45, 7) is 5.37. The molecule has 1 aromatic carbocycles. The monoisotopic (exact) mass is 233 g/mol. The Kier molecular flexibility index (Phi) is 5.38. The van der Waals surface area contributed by atoms with Crippen molar-refractivity contribution in [2.75, 3.05) is 20.3 Å². The van der Waals surface area contributed by atoms with Crippen molar-refractivity contribution in [3.05, 3.63) is 23.8 Å². The van der Waals surface area contributed by atoms with Crippen molar-refractivity contribution in [1.82, 2.24) is 5.32 Å². The van der Waals surface area contributed by atoms with Crippen LogP contribution in [0, 0.1) is 12.3 Å². The number of hydrogen-bond donors (Lipinski definition) is 1. The maximum absolute atomic E-state index is 5.39. The van der Waals surface area contributed by atoms with Gasteiger partial charge in [0.1, 0.15) is 6.61 Å². The van der Waals surface area contributed by atoms with Crippen LogP contribution in [0.15, 0.2) is 18.2 Å². The van der Waals surface area contributed by atoms with Gasteiger partial charge >= 0.3 is 0 Å². The van der Waals surface area contributed by atoms with Crippen LogP contribution >= 0.6 is 0 Å². The Labute approximate surface area is 103 Å². The van der Waals surface area contributed by atoms with E-state index < -0.39 is 0 Å². The smallest absolute Gasteiger partial charge is 0.162 e. The summed E-state index contributed by atoms with van der Waals surface area (Å²) in [4.78, 5) is 0. The molecule has 0 aliphatic carbocycles. The first-order valence-corrected chi connectivity index (χ1v) is 5.70. The molecule has 1 N–H and O–H groups in total. The molecule has 0 spiro atoms. The van der Waals surface area contributed by atoms with Gasteiger partial charge in [-0.25, -0.2) is 0 Å². The van der Waals surface area contributed by atoms with Crippen molar-refractivity contribution in [1.29, 1.82) is 0 Å². The van der Waals surface area contributed by atoms with Crippen molar-refractivity contribution in [3.63, 3.8) is 0 Å². The van der Waals surface area contributed by atoms with E-state index in [1.54, 1.807) is 7.11 Å². The van der Waals surface area contributed by atoms with E-state index in [4.69, 9.17) is 15.9 Å². The number of ether oxygens (including phenoxy) is 2. The van der Waals surface area contributed by atoms with Gasteiger partial charge in [-0.15, -0.1) is 6.42 Å². The molecule has 1 aromatic rings. The first-order chi connectivity index (χ1) is 8.22. The quantitative estimate of drug-likeness (QED) is 0.765. The fourth-order valence-corrected chi connectivity index (χ4v) is 1.62. The third-order valence-electron chi connectivity index (χ3n) is 2.51. The van der Waals surface area contributed by atoms with Gasteiger partial charge in [0, 0.05) is 6.04 Å². The molecule has 1 atom stereocenters. The lowest BCUT2D eigenvalue weighted by atomic mass is 10.1. The van der Waals surface area contributed by atoms with Crippen LogP contribution in [0.1, 0.15) is 25.5 Å². The molecular formula is C14H19NO2. The predicted octanol–water partition coefficient (Wildman–Crippen LogP) is 2.38. The average Bonchev–Trinajstić information content (AvgIpc) is 2.36. The summed E-state index contributed by atoms with van der Waals surface area (Å²) in [6.07, 6.45) is 5.16. The highest BCUT2D eigenvalue weighted by Crippen LogP contribution is 2.30. The lowest BCUT2D eigenvalue weighted by Gasteiger charge is -2.15. The molecule has 0 aliphatic rings. The van der Waals surface area contributed by atoms with Gasteiger partial charge < -0.3 is 14.8 Å². The zero-order chi connectivity index (χ0) is 12.7. The average molecular weight is 233 g/mol. The van der Waals surface area contributed by atoms with Crippen molar-refractivity contribution in [2.45, 2.75) is 19.9 Å². The third-order valence-corrected chi connectivity index (χ3v) is 2.51. The minimum atomic E-state index is 0.248. The van der Waals surface area contributed by atoms with Gasteiger partial charge in [0.2, 0.25) is 0 Å². The SMILES string of the molecule is C#CCOc1ccc(C(C)NCC)cc1OC. The topological polar surface area (TPSA) is 30.5 Å². The largest absolute Gasteiger partial charge is 0.493 e. The lowest BCUT2D eigenvalue weighted by molar-refractivity contribution is 0.330. The van der Waals surface area contributed by atoms with E-state index in [2.05, 4.69) is 25.1 Å². The van der Waals surface area contributed by atoms with E-state index in [0.717, 1.165) is 12.1 Å². The minimum absolute atomic E-state index is 0.248. The molecule has 0 bridgehead atoms. The van der Waals surface area contributed by atoms with Gasteiger partial charge in [0.25, 0.3) is 0 Å². The molecule has 0 fully saturated rings. The van der Waals surface area contributed by atoms with E-state index in [1.807, 2.05) is 18.2 Å². The van der Waals surface area contributed by atoms with Crippen molar-refractivity contribution in [2.24, 2.45) is 0 Å². The highest BCUT2D eigenvalue weighted by atomic mass is 16.5. The first-order valence-electron chi connectivity index (χ1n) is 5.70. The molecule has 0 amide bonds. The van der Waals surface area contributed by atoms with Gasteiger partial charge in [0.15, 0.2) is 11.5 Å². The number of benzene rings is 1. The Bertz CT molecular complexity index is 396. The first kappa shape index (κ1) is 13.4. The van der Waals surface area contributed by atoms with Crippen LogP contribution in [0.2, 0.25) is 0 Å². The third kappa shape index (κ3) is 3.69. The van der Waals surface area contributed by atoms with Crippen LogP contribution in [-0.2, 0) is 0 Å². The van der Waals surface area contributed by atoms with Crippen LogP contribution in [0.5, 0.6) is 11.5 Å². The summed E-state index contributed by atoms with van der Waals surface area (Å²) in [7, 11) is 1.62. The van der Waals surface area contributed by atoms with Crippen LogP contribution in [0.3, 0.4) is 0 Å². The summed E-state index contributed by atoms with van der Waals surface area (Å²) >= 11 is 0. The Balaban J connectivity index is 2.88. The number of nitrogens with one attached hydrogen (secondary N) is 1. The fraction of sp³-hybridized carbons (Fsp3) is 0.429. The van der Waals surface area contributed by atoms with Gasteiger partial charge in [-0.3, -0.25) is 0 Å². The van der Waals surface area contributed by atoms with Crippen molar-refractivity contribution >= 4 is 0 Å². The van der Waals surface area contributed by atoms with Gasteiger partial charge in [-0.1, -0.05) is 18.9 Å². The molecule has 0 heterocycles.